The molecule has 0 saturated heterocycles. The third kappa shape index (κ3) is 3.65. The number of rotatable bonds is 5. The summed E-state index contributed by atoms with van der Waals surface area (Å²) in [6.07, 6.45) is 4.50. The number of hydrogen-bond acceptors (Lipinski definition) is 4. The summed E-state index contributed by atoms with van der Waals surface area (Å²) in [5.74, 6) is -0.0277. The Hall–Kier alpha value is -3.22. The molecule has 0 aliphatic carbocycles. The lowest BCUT2D eigenvalue weighted by molar-refractivity contribution is 0.0923. The molecule has 0 aliphatic heterocycles. The number of H-pyrrole nitrogens is 1. The van der Waals surface area contributed by atoms with E-state index in [4.69, 9.17) is 0 Å². The van der Waals surface area contributed by atoms with Crippen LogP contribution in [0.1, 0.15) is 35.8 Å². The smallest absolute Gasteiger partial charge is 0.265 e. The highest BCUT2D eigenvalue weighted by Crippen LogP contribution is 2.21. The maximum atomic E-state index is 12.6. The minimum atomic E-state index is -0.506. The number of hydrogen-bond donors (Lipinski definition) is 2. The fraction of sp³-hybridized carbons (Fsp3) is 0.222. The molecule has 0 bridgehead atoms. The van der Waals surface area contributed by atoms with Crippen molar-refractivity contribution in [2.45, 2.75) is 19.9 Å². The molecule has 1 atom stereocenters. The highest BCUT2D eigenvalue weighted by atomic mass is 16.2. The van der Waals surface area contributed by atoms with E-state index in [1.54, 1.807) is 18.5 Å². The predicted molar refractivity (Wildman–Crippen MR) is 93.5 cm³/mol. The van der Waals surface area contributed by atoms with E-state index in [0.29, 0.717) is 0 Å². The second-order valence-electron chi connectivity index (χ2n) is 6.01. The molecule has 3 aromatic rings. The Morgan fingerprint density at radius 2 is 1.96 bits per heavy atom. The van der Waals surface area contributed by atoms with Crippen molar-refractivity contribution in [2.24, 2.45) is 5.92 Å². The maximum absolute atomic E-state index is 12.6. The molecule has 0 radical (unpaired) electrons. The van der Waals surface area contributed by atoms with Crippen LogP contribution in [0.2, 0.25) is 0 Å². The van der Waals surface area contributed by atoms with Crippen molar-refractivity contribution < 1.29 is 4.79 Å². The normalized spacial score (nSPS) is 12.1. The van der Waals surface area contributed by atoms with Gasteiger partial charge in [0.2, 0.25) is 5.95 Å². The van der Waals surface area contributed by atoms with Gasteiger partial charge in [-0.15, -0.1) is 0 Å². The van der Waals surface area contributed by atoms with Crippen LogP contribution >= 0.6 is 0 Å². The number of amides is 1. The highest BCUT2D eigenvalue weighted by Gasteiger charge is 2.21. The van der Waals surface area contributed by atoms with Crippen LogP contribution < -0.4 is 10.9 Å². The van der Waals surface area contributed by atoms with Gasteiger partial charge in [0, 0.05) is 18.6 Å². The molecule has 1 unspecified atom stereocenters. The van der Waals surface area contributed by atoms with Crippen LogP contribution in [0.3, 0.4) is 0 Å². The first-order valence-electron chi connectivity index (χ1n) is 8.01. The number of aromatic nitrogens is 4. The minimum Gasteiger partial charge on any atom is -0.345 e. The number of carbonyl (C=O) groups is 1. The molecule has 0 saturated carbocycles. The Morgan fingerprint density at radius 3 is 2.56 bits per heavy atom. The lowest BCUT2D eigenvalue weighted by Crippen LogP contribution is -2.35. The Balaban J connectivity index is 1.84. The zero-order valence-corrected chi connectivity index (χ0v) is 14.0. The Morgan fingerprint density at radius 1 is 1.20 bits per heavy atom. The molecule has 2 heterocycles. The van der Waals surface area contributed by atoms with Gasteiger partial charge in [-0.25, -0.2) is 9.67 Å². The van der Waals surface area contributed by atoms with Crippen LogP contribution in [0.25, 0.3) is 5.95 Å². The van der Waals surface area contributed by atoms with E-state index >= 15 is 0 Å². The Kier molecular flexibility index (Phi) is 4.74. The number of nitrogens with zero attached hydrogens (tertiary/aromatic N) is 3. The Bertz CT molecular complexity index is 901. The summed E-state index contributed by atoms with van der Waals surface area (Å²) in [7, 11) is 0. The van der Waals surface area contributed by atoms with Gasteiger partial charge < -0.3 is 5.32 Å². The van der Waals surface area contributed by atoms with Gasteiger partial charge in [-0.05, 0) is 17.5 Å². The molecule has 2 N–H and O–H groups in total. The topological polar surface area (TPSA) is 92.7 Å². The molecule has 0 aliphatic rings. The van der Waals surface area contributed by atoms with Gasteiger partial charge in [0.05, 0.1) is 6.04 Å². The summed E-state index contributed by atoms with van der Waals surface area (Å²) in [6.45, 7) is 4.03. The third-order valence-corrected chi connectivity index (χ3v) is 3.86. The van der Waals surface area contributed by atoms with Crippen LogP contribution in [-0.4, -0.2) is 25.7 Å². The van der Waals surface area contributed by atoms with E-state index in [9.17, 15) is 9.59 Å². The molecular formula is C18H19N5O2. The molecule has 1 aromatic carbocycles. The van der Waals surface area contributed by atoms with Crippen LogP contribution in [0, 0.1) is 5.92 Å². The van der Waals surface area contributed by atoms with Crippen LogP contribution in [0.5, 0.6) is 0 Å². The number of aromatic amines is 1. The molecule has 7 heteroatoms. The fourth-order valence-electron chi connectivity index (χ4n) is 2.57. The lowest BCUT2D eigenvalue weighted by atomic mass is 9.96. The van der Waals surface area contributed by atoms with Crippen LogP contribution in [0.15, 0.2) is 59.8 Å². The first-order chi connectivity index (χ1) is 12.1. The van der Waals surface area contributed by atoms with Gasteiger partial charge in [-0.2, -0.15) is 5.10 Å². The summed E-state index contributed by atoms with van der Waals surface area (Å²) in [5, 5.41) is 6.92. The lowest BCUT2D eigenvalue weighted by Gasteiger charge is -2.22. The maximum Gasteiger partial charge on any atom is 0.265 e. The third-order valence-electron chi connectivity index (χ3n) is 3.86. The minimum absolute atomic E-state index is 0.0301. The van der Waals surface area contributed by atoms with Crippen molar-refractivity contribution in [1.82, 2.24) is 25.1 Å². The van der Waals surface area contributed by atoms with Gasteiger partial charge in [0.25, 0.3) is 11.5 Å². The molecule has 1 amide bonds. The molecule has 128 valence electrons. The largest absolute Gasteiger partial charge is 0.345 e. The first-order valence-corrected chi connectivity index (χ1v) is 8.01. The SMILES string of the molecule is CC(C)C(NC(=O)c1cnc(-n2cccn2)[nH]c1=O)c1ccccc1. The molecular weight excluding hydrogens is 318 g/mol. The number of carbonyl (C=O) groups excluding carboxylic acids is 1. The zero-order valence-electron chi connectivity index (χ0n) is 14.0. The molecule has 2 aromatic heterocycles. The molecule has 3 rings (SSSR count). The molecule has 0 fully saturated rings. The summed E-state index contributed by atoms with van der Waals surface area (Å²) in [4.78, 5) is 31.5. The number of nitrogens with one attached hydrogen (secondary N) is 2. The average Bonchev–Trinajstić information content (AvgIpc) is 3.14. The van der Waals surface area contributed by atoms with E-state index < -0.39 is 11.5 Å². The van der Waals surface area contributed by atoms with E-state index in [0.717, 1.165) is 5.56 Å². The first kappa shape index (κ1) is 16.6. The second kappa shape index (κ2) is 7.12. The van der Waals surface area contributed by atoms with E-state index in [1.165, 1.54) is 10.9 Å². The van der Waals surface area contributed by atoms with Crippen molar-refractivity contribution in [3.8, 4) is 5.95 Å². The monoisotopic (exact) mass is 337 g/mol. The molecule has 0 spiro atoms. The Labute approximate surface area is 144 Å². The summed E-state index contributed by atoms with van der Waals surface area (Å²) < 4.78 is 1.42. The summed E-state index contributed by atoms with van der Waals surface area (Å²) in [6, 6.07) is 11.2. The van der Waals surface area contributed by atoms with Crippen molar-refractivity contribution in [1.29, 1.82) is 0 Å². The quantitative estimate of drug-likeness (QED) is 0.745. The van der Waals surface area contributed by atoms with Crippen molar-refractivity contribution in [3.63, 3.8) is 0 Å². The standard InChI is InChI=1S/C18H19N5O2/c1-12(2)15(13-7-4-3-5-8-13)21-16(24)14-11-19-18(22-17(14)25)23-10-6-9-20-23/h3-12,15H,1-2H3,(H,21,24)(H,19,22,25). The average molecular weight is 337 g/mol. The fourth-order valence-corrected chi connectivity index (χ4v) is 2.57. The van der Waals surface area contributed by atoms with Crippen molar-refractivity contribution in [2.75, 3.05) is 0 Å². The van der Waals surface area contributed by atoms with Crippen LogP contribution in [0.4, 0.5) is 0 Å². The van der Waals surface area contributed by atoms with E-state index in [-0.39, 0.29) is 23.5 Å². The molecule has 25 heavy (non-hydrogen) atoms. The van der Waals surface area contributed by atoms with Gasteiger partial charge in [-0.3, -0.25) is 14.6 Å². The van der Waals surface area contributed by atoms with Crippen molar-refractivity contribution in [3.05, 3.63) is 76.5 Å². The summed E-state index contributed by atoms with van der Waals surface area (Å²) >= 11 is 0. The van der Waals surface area contributed by atoms with Gasteiger partial charge in [0.1, 0.15) is 5.56 Å². The van der Waals surface area contributed by atoms with Crippen molar-refractivity contribution >= 4 is 5.91 Å². The van der Waals surface area contributed by atoms with Crippen LogP contribution in [-0.2, 0) is 0 Å². The molecule has 7 nitrogen and oxygen atoms in total. The second-order valence-corrected chi connectivity index (χ2v) is 6.01. The predicted octanol–water partition coefficient (Wildman–Crippen LogP) is 2.08. The van der Waals surface area contributed by atoms with E-state index in [1.807, 2.05) is 44.2 Å². The highest BCUT2D eigenvalue weighted by molar-refractivity contribution is 5.93. The van der Waals surface area contributed by atoms with Gasteiger partial charge >= 0.3 is 0 Å². The van der Waals surface area contributed by atoms with E-state index in [2.05, 4.69) is 20.4 Å². The zero-order chi connectivity index (χ0) is 17.8. The summed E-state index contributed by atoms with van der Waals surface area (Å²) in [5.41, 5.74) is 0.453. The van der Waals surface area contributed by atoms with Gasteiger partial charge in [0.15, 0.2) is 0 Å². The number of benzene rings is 1. The van der Waals surface area contributed by atoms with Gasteiger partial charge in [-0.1, -0.05) is 44.2 Å².